The molecule has 326 valence electrons. The molecule has 4 heteroatoms. The topological polar surface area (TPSA) is 21.3 Å². The molecule has 0 saturated heterocycles. The summed E-state index contributed by atoms with van der Waals surface area (Å²) in [5.74, 6) is 5.40. The summed E-state index contributed by atoms with van der Waals surface area (Å²) >= 11 is 0. The van der Waals surface area contributed by atoms with Gasteiger partial charge in [0.1, 0.15) is 11.2 Å². The summed E-state index contributed by atoms with van der Waals surface area (Å²) in [7, 11) is 0. The number of anilines is 2. The second-order valence-electron chi connectivity index (χ2n) is 23.8. The van der Waals surface area contributed by atoms with Gasteiger partial charge in [0.25, 0.3) is 0 Å². The average Bonchev–Trinajstić information content (AvgIpc) is 3.87. The van der Waals surface area contributed by atoms with Crippen LogP contribution in [0.1, 0.15) is 93.7 Å². The lowest BCUT2D eigenvalue weighted by atomic mass is 9.42. The molecule has 2 aromatic heterocycles. The molecule has 8 saturated carbocycles. The first kappa shape index (κ1) is 37.0. The first-order valence-corrected chi connectivity index (χ1v) is 26.1. The molecule has 4 heterocycles. The monoisotopic (exact) mass is 866 g/mol. The van der Waals surface area contributed by atoms with Gasteiger partial charge in [0.15, 0.2) is 0 Å². The minimum atomic E-state index is -0.0155. The van der Waals surface area contributed by atoms with E-state index in [2.05, 4.69) is 150 Å². The van der Waals surface area contributed by atoms with Gasteiger partial charge < -0.3 is 13.8 Å². The molecule has 7 aromatic carbocycles. The van der Waals surface area contributed by atoms with Crippen LogP contribution in [0.2, 0.25) is 0 Å². The van der Waals surface area contributed by atoms with Crippen molar-refractivity contribution in [3.05, 3.63) is 150 Å². The molecule has 8 bridgehead atoms. The molecular formula is C63H55BN2O. The number of aromatic nitrogens is 1. The summed E-state index contributed by atoms with van der Waals surface area (Å²) in [6.45, 7) is 2.31. The number of benzene rings is 7. The van der Waals surface area contributed by atoms with Crippen LogP contribution in [-0.2, 0) is 10.8 Å². The van der Waals surface area contributed by atoms with E-state index < -0.39 is 0 Å². The Morgan fingerprint density at radius 3 is 1.82 bits per heavy atom. The van der Waals surface area contributed by atoms with E-state index in [0.717, 1.165) is 46.7 Å². The van der Waals surface area contributed by atoms with Crippen molar-refractivity contribution >= 4 is 72.9 Å². The Bertz CT molecular complexity index is 3560. The van der Waals surface area contributed by atoms with E-state index in [0.29, 0.717) is 5.41 Å². The summed E-state index contributed by atoms with van der Waals surface area (Å²) in [6.07, 6.45) is 17.1. The Balaban J connectivity index is 0.970. The van der Waals surface area contributed by atoms with Crippen molar-refractivity contribution in [2.75, 3.05) is 4.81 Å². The first-order chi connectivity index (χ1) is 32.9. The van der Waals surface area contributed by atoms with E-state index in [1.807, 2.05) is 0 Å². The molecule has 0 N–H and O–H groups in total. The predicted octanol–water partition coefficient (Wildman–Crippen LogP) is 14.8. The molecule has 0 spiro atoms. The highest BCUT2D eigenvalue weighted by atomic mass is 16.3. The van der Waals surface area contributed by atoms with Gasteiger partial charge in [-0.05, 0) is 223 Å². The van der Waals surface area contributed by atoms with Gasteiger partial charge in [-0.1, -0.05) is 78.9 Å². The second-order valence-corrected chi connectivity index (χ2v) is 23.8. The molecule has 0 radical (unpaired) electrons. The van der Waals surface area contributed by atoms with Crippen LogP contribution in [0.25, 0.3) is 71.7 Å². The lowest BCUT2D eigenvalue weighted by molar-refractivity contribution is -0.00526. The van der Waals surface area contributed by atoms with Gasteiger partial charge in [0.05, 0.1) is 11.0 Å². The lowest BCUT2D eigenvalue weighted by Gasteiger charge is -2.57. The van der Waals surface area contributed by atoms with Crippen LogP contribution in [0.5, 0.6) is 0 Å². The largest absolute Gasteiger partial charge is 0.456 e. The van der Waals surface area contributed by atoms with Crippen LogP contribution < -0.4 is 15.7 Å². The van der Waals surface area contributed by atoms with E-state index in [1.54, 1.807) is 11.1 Å². The normalized spacial score (nSPS) is 29.2. The van der Waals surface area contributed by atoms with Gasteiger partial charge in [-0.2, -0.15) is 0 Å². The molecule has 3 nitrogen and oxygen atoms in total. The van der Waals surface area contributed by atoms with Crippen molar-refractivity contribution in [1.29, 1.82) is 0 Å². The molecule has 10 aliphatic rings. The summed E-state index contributed by atoms with van der Waals surface area (Å²) < 4.78 is 9.53. The number of furan rings is 1. The summed E-state index contributed by atoms with van der Waals surface area (Å²) in [5.41, 5.74) is 21.8. The number of nitrogens with zero attached hydrogens (tertiary/aromatic N) is 2. The Labute approximate surface area is 393 Å². The number of aryl methyl sites for hydroxylation is 1. The molecule has 0 amide bonds. The highest BCUT2D eigenvalue weighted by molar-refractivity contribution is 6.93. The van der Waals surface area contributed by atoms with Gasteiger partial charge in [-0.15, -0.1) is 0 Å². The number of hydrogen-bond acceptors (Lipinski definition) is 2. The summed E-state index contributed by atoms with van der Waals surface area (Å²) in [4.78, 5) is 2.73. The quantitative estimate of drug-likeness (QED) is 0.164. The highest BCUT2D eigenvalue weighted by Crippen LogP contribution is 2.63. The van der Waals surface area contributed by atoms with Gasteiger partial charge in [-0.25, -0.2) is 0 Å². The third-order valence-corrected chi connectivity index (χ3v) is 19.9. The first-order valence-electron chi connectivity index (χ1n) is 26.1. The van der Waals surface area contributed by atoms with E-state index in [9.17, 15) is 0 Å². The summed E-state index contributed by atoms with van der Waals surface area (Å²) in [6, 6.07) is 52.4. The van der Waals surface area contributed by atoms with Crippen LogP contribution >= 0.6 is 0 Å². The van der Waals surface area contributed by atoms with Gasteiger partial charge in [0, 0.05) is 50.2 Å². The number of rotatable bonds is 4. The fourth-order valence-electron chi connectivity index (χ4n) is 18.1. The minimum Gasteiger partial charge on any atom is -0.456 e. The molecule has 9 aromatic rings. The van der Waals surface area contributed by atoms with Crippen molar-refractivity contribution in [1.82, 2.24) is 4.57 Å². The Morgan fingerprint density at radius 1 is 0.493 bits per heavy atom. The zero-order valence-electron chi connectivity index (χ0n) is 38.5. The molecule has 0 atom stereocenters. The van der Waals surface area contributed by atoms with Crippen molar-refractivity contribution in [3.8, 4) is 27.9 Å². The minimum absolute atomic E-state index is 0.0155. The zero-order chi connectivity index (χ0) is 43.5. The van der Waals surface area contributed by atoms with Gasteiger partial charge in [-0.3, -0.25) is 0 Å². The van der Waals surface area contributed by atoms with Gasteiger partial charge >= 0.3 is 6.85 Å². The molecule has 67 heavy (non-hydrogen) atoms. The maximum Gasteiger partial charge on any atom is 0.333 e. The molecule has 8 fully saturated rings. The SMILES string of the molecule is Cc1cc2c3c(c1)-n1c4ccc(C56CC7CC(CC(C7)C5)C6)cc4c4cc(C56CC7CC(CC(C7)C5)C6)cc(c41)B3N(c1ccc(-c3ccccc3)cc1)c1cc3oc4ccccc4c3cc1-2. The number of fused-ring (bicyclic) bond motifs is 10. The maximum atomic E-state index is 6.78. The molecule has 0 unspecified atom stereocenters. The van der Waals surface area contributed by atoms with Crippen LogP contribution in [0.15, 0.2) is 138 Å². The Morgan fingerprint density at radius 2 is 1.12 bits per heavy atom. The van der Waals surface area contributed by atoms with E-state index >= 15 is 0 Å². The third kappa shape index (κ3) is 4.95. The van der Waals surface area contributed by atoms with Crippen molar-refractivity contribution < 1.29 is 4.42 Å². The fourth-order valence-corrected chi connectivity index (χ4v) is 18.1. The molecule has 19 rings (SSSR count). The molecular weight excluding hydrogens is 812 g/mol. The fraction of sp³-hybridized carbons (Fsp3) is 0.333. The Kier molecular flexibility index (Phi) is 7.05. The smallest absolute Gasteiger partial charge is 0.333 e. The molecule has 2 aliphatic heterocycles. The van der Waals surface area contributed by atoms with Crippen molar-refractivity contribution in [3.63, 3.8) is 0 Å². The highest BCUT2D eigenvalue weighted by Gasteiger charge is 2.54. The van der Waals surface area contributed by atoms with Crippen molar-refractivity contribution in [2.45, 2.75) is 94.8 Å². The average molecular weight is 867 g/mol. The number of para-hydroxylation sites is 1. The Hall–Kier alpha value is -6.00. The lowest BCUT2D eigenvalue weighted by Crippen LogP contribution is -2.61. The summed E-state index contributed by atoms with van der Waals surface area (Å²) in [5, 5.41) is 5.36. The standard InChI is InChI=1S/C63H55BN2O/c1-36-17-52-50-28-51-48-9-5-6-10-58(48)67-59(51)29-56(50)66(47-14-11-44(12-15-47)43-7-3-2-4-8-43)64-54-27-46(63-33-40-22-41(34-63)24-42(23-40)35-63)26-53-49-25-45(62-30-37-19-38(31-62)21-39(20-37)32-62)13-16-55(49)65(61(53)54)57(18-36)60(52)64/h2-18,25-29,37-42H,19-24,30-35H2,1H3. The van der Waals surface area contributed by atoms with Gasteiger partial charge in [0.2, 0.25) is 0 Å². The van der Waals surface area contributed by atoms with E-state index in [4.69, 9.17) is 4.42 Å². The van der Waals surface area contributed by atoms with E-state index in [1.165, 1.54) is 165 Å². The predicted molar refractivity (Wildman–Crippen MR) is 277 cm³/mol. The van der Waals surface area contributed by atoms with Crippen molar-refractivity contribution in [2.24, 2.45) is 35.5 Å². The van der Waals surface area contributed by atoms with Crippen LogP contribution in [-0.4, -0.2) is 11.4 Å². The molecule has 8 aliphatic carbocycles. The van der Waals surface area contributed by atoms with E-state index in [-0.39, 0.29) is 12.3 Å². The third-order valence-electron chi connectivity index (χ3n) is 19.9. The van der Waals surface area contributed by atoms with Crippen LogP contribution in [0.4, 0.5) is 11.4 Å². The zero-order valence-corrected chi connectivity index (χ0v) is 38.5. The number of hydrogen-bond donors (Lipinski definition) is 0. The second kappa shape index (κ2) is 12.8. The van der Waals surface area contributed by atoms with Crippen LogP contribution in [0, 0.1) is 42.4 Å². The maximum absolute atomic E-state index is 6.78. The van der Waals surface area contributed by atoms with Crippen LogP contribution in [0.3, 0.4) is 0 Å².